The molecule has 0 fully saturated rings. The predicted molar refractivity (Wildman–Crippen MR) is 76.0 cm³/mol. The number of allylic oxidation sites excluding steroid dienone is 1. The van der Waals surface area contributed by atoms with Gasteiger partial charge in [0.2, 0.25) is 5.78 Å². The zero-order valence-corrected chi connectivity index (χ0v) is 10.8. The Labute approximate surface area is 114 Å². The lowest BCUT2D eigenvalue weighted by Gasteiger charge is -2.01. The van der Waals surface area contributed by atoms with Gasteiger partial charge in [-0.2, -0.15) is 0 Å². The van der Waals surface area contributed by atoms with Crippen molar-refractivity contribution in [1.82, 2.24) is 4.98 Å². The highest BCUT2D eigenvalue weighted by molar-refractivity contribution is 6.20. The van der Waals surface area contributed by atoms with E-state index < -0.39 is 0 Å². The molecule has 0 radical (unpaired) electrons. The number of fused-ring (bicyclic) bond motifs is 1. The minimum absolute atomic E-state index is 0.160. The number of carbonyl (C=O) groups excluding carboxylic acids is 1. The molecule has 5 heteroatoms. The normalized spacial score (nSPS) is 15.1. The minimum atomic E-state index is -0.377. The van der Waals surface area contributed by atoms with Crippen molar-refractivity contribution >= 4 is 17.5 Å². The Hall–Kier alpha value is -2.82. The number of Topliss-reactive ketones (excluding diaryl/α,β-unsaturated/α-hetero) is 1. The number of hydrogen-bond donors (Lipinski definition) is 2. The van der Waals surface area contributed by atoms with E-state index >= 15 is 0 Å². The van der Waals surface area contributed by atoms with Crippen molar-refractivity contribution in [3.8, 4) is 5.75 Å². The fourth-order valence-electron chi connectivity index (χ4n) is 2.11. The molecule has 5 nitrogen and oxygen atoms in total. The molecular weight excluding hydrogens is 256 g/mol. The third-order valence-corrected chi connectivity index (χ3v) is 3.13. The van der Waals surface area contributed by atoms with Crippen LogP contribution in [-0.2, 0) is 0 Å². The molecule has 0 unspecified atom stereocenters. The molecule has 0 atom stereocenters. The van der Waals surface area contributed by atoms with Crippen LogP contribution in [0.3, 0.4) is 0 Å². The molecule has 1 aliphatic heterocycles. The van der Waals surface area contributed by atoms with Crippen molar-refractivity contribution in [2.24, 2.45) is 0 Å². The maximum atomic E-state index is 12.2. The fourth-order valence-corrected chi connectivity index (χ4v) is 2.11. The van der Waals surface area contributed by atoms with Crippen LogP contribution in [0.2, 0.25) is 0 Å². The quantitative estimate of drug-likeness (QED) is 0.817. The fraction of sp³-hybridized carbons (Fsp3) is 0.0667. The number of benzene rings is 1. The van der Waals surface area contributed by atoms with Crippen molar-refractivity contribution < 1.29 is 9.53 Å². The van der Waals surface area contributed by atoms with Gasteiger partial charge in [-0.25, -0.2) is 0 Å². The van der Waals surface area contributed by atoms with Gasteiger partial charge in [-0.15, -0.1) is 0 Å². The second-order valence-corrected chi connectivity index (χ2v) is 4.38. The van der Waals surface area contributed by atoms with Crippen molar-refractivity contribution in [3.05, 3.63) is 63.7 Å². The van der Waals surface area contributed by atoms with E-state index in [1.807, 2.05) is 24.3 Å². The van der Waals surface area contributed by atoms with Gasteiger partial charge in [0.25, 0.3) is 5.56 Å². The van der Waals surface area contributed by atoms with E-state index in [-0.39, 0.29) is 16.9 Å². The zero-order valence-electron chi connectivity index (χ0n) is 10.8. The number of aromatic nitrogens is 1. The lowest BCUT2D eigenvalue weighted by Crippen LogP contribution is -2.13. The van der Waals surface area contributed by atoms with Crippen LogP contribution in [0, 0.1) is 0 Å². The third kappa shape index (κ3) is 1.99. The van der Waals surface area contributed by atoms with Crippen LogP contribution >= 0.6 is 0 Å². The lowest BCUT2D eigenvalue weighted by molar-refractivity contribution is 0.104. The molecule has 20 heavy (non-hydrogen) atoms. The molecule has 0 bridgehead atoms. The Balaban J connectivity index is 1.97. The van der Waals surface area contributed by atoms with E-state index in [1.54, 1.807) is 19.3 Å². The highest BCUT2D eigenvalue weighted by atomic mass is 16.5. The average Bonchev–Trinajstić information content (AvgIpc) is 2.78. The number of rotatable bonds is 2. The van der Waals surface area contributed by atoms with Gasteiger partial charge in [-0.05, 0) is 29.8 Å². The molecule has 100 valence electrons. The highest BCUT2D eigenvalue weighted by Gasteiger charge is 2.27. The summed E-state index contributed by atoms with van der Waals surface area (Å²) < 4.78 is 5.08. The van der Waals surface area contributed by atoms with Crippen LogP contribution in [-0.4, -0.2) is 17.9 Å². The first kappa shape index (κ1) is 12.2. The molecular formula is C15H12N2O3. The second kappa shape index (κ2) is 4.70. The molecule has 2 aromatic rings. The summed E-state index contributed by atoms with van der Waals surface area (Å²) in [6, 6.07) is 8.98. The van der Waals surface area contributed by atoms with Gasteiger partial charge in [-0.1, -0.05) is 12.1 Å². The Morgan fingerprint density at radius 3 is 2.50 bits per heavy atom. The van der Waals surface area contributed by atoms with Gasteiger partial charge in [0.05, 0.1) is 18.5 Å². The maximum absolute atomic E-state index is 12.2. The number of anilines is 1. The van der Waals surface area contributed by atoms with E-state index in [0.717, 1.165) is 11.3 Å². The van der Waals surface area contributed by atoms with Gasteiger partial charge >= 0.3 is 0 Å². The lowest BCUT2D eigenvalue weighted by atomic mass is 10.1. The molecule has 3 rings (SSSR count). The summed E-state index contributed by atoms with van der Waals surface area (Å²) in [5.41, 5.74) is 1.57. The topological polar surface area (TPSA) is 71.2 Å². The molecule has 1 aliphatic rings. The van der Waals surface area contributed by atoms with Crippen molar-refractivity contribution in [2.75, 3.05) is 12.4 Å². The standard InChI is InChI=1S/C15H12N2O3/c1-20-10-4-2-9(3-5-10)8-12-14(18)13-11(17-12)6-7-16-15(13)19/h2-8,17H,1H3,(H,16,19)/b12-8-. The van der Waals surface area contributed by atoms with Crippen molar-refractivity contribution in [2.45, 2.75) is 0 Å². The van der Waals surface area contributed by atoms with E-state index in [4.69, 9.17) is 4.74 Å². The van der Waals surface area contributed by atoms with Gasteiger partial charge in [-0.3, -0.25) is 9.59 Å². The molecule has 0 saturated carbocycles. The van der Waals surface area contributed by atoms with Crippen LogP contribution < -0.4 is 15.6 Å². The monoisotopic (exact) mass is 268 g/mol. The summed E-state index contributed by atoms with van der Waals surface area (Å²) in [5, 5.41) is 2.96. The largest absolute Gasteiger partial charge is 0.497 e. The van der Waals surface area contributed by atoms with Crippen LogP contribution in [0.4, 0.5) is 5.69 Å². The molecule has 1 aromatic heterocycles. The second-order valence-electron chi connectivity index (χ2n) is 4.38. The molecule has 0 saturated heterocycles. The zero-order chi connectivity index (χ0) is 14.1. The molecule has 1 aromatic carbocycles. The van der Waals surface area contributed by atoms with Crippen LogP contribution in [0.15, 0.2) is 47.0 Å². The molecule has 0 aliphatic carbocycles. The van der Waals surface area contributed by atoms with Crippen LogP contribution in [0.5, 0.6) is 5.75 Å². The molecule has 0 amide bonds. The van der Waals surface area contributed by atoms with Gasteiger partial charge < -0.3 is 15.0 Å². The summed E-state index contributed by atoms with van der Waals surface area (Å²) in [7, 11) is 1.60. The Morgan fingerprint density at radius 1 is 1.10 bits per heavy atom. The first-order valence-electron chi connectivity index (χ1n) is 6.08. The molecule has 2 heterocycles. The number of ketones is 1. The summed E-state index contributed by atoms with van der Waals surface area (Å²) >= 11 is 0. The smallest absolute Gasteiger partial charge is 0.261 e. The molecule has 2 N–H and O–H groups in total. The van der Waals surface area contributed by atoms with E-state index in [9.17, 15) is 9.59 Å². The van der Waals surface area contributed by atoms with Gasteiger partial charge in [0.15, 0.2) is 0 Å². The first-order valence-corrected chi connectivity index (χ1v) is 6.08. The van der Waals surface area contributed by atoms with Gasteiger partial charge in [0, 0.05) is 6.20 Å². The number of hydrogen-bond acceptors (Lipinski definition) is 4. The van der Waals surface area contributed by atoms with Crippen molar-refractivity contribution in [3.63, 3.8) is 0 Å². The number of aromatic amines is 1. The number of carbonyl (C=O) groups is 1. The Kier molecular flexibility index (Phi) is 2.87. The first-order chi connectivity index (χ1) is 9.69. The highest BCUT2D eigenvalue weighted by Crippen LogP contribution is 2.26. The number of methoxy groups -OCH3 is 1. The average molecular weight is 268 g/mol. The molecule has 0 spiro atoms. The maximum Gasteiger partial charge on any atom is 0.261 e. The SMILES string of the molecule is COc1ccc(/C=C2\Nc3cc[nH]c(=O)c3C2=O)cc1. The van der Waals surface area contributed by atoms with Crippen molar-refractivity contribution in [1.29, 1.82) is 0 Å². The number of ether oxygens (including phenoxy) is 1. The number of pyridine rings is 1. The van der Waals surface area contributed by atoms with E-state index in [2.05, 4.69) is 10.3 Å². The Bertz CT molecular complexity index is 757. The van der Waals surface area contributed by atoms with E-state index in [1.165, 1.54) is 6.20 Å². The van der Waals surface area contributed by atoms with Gasteiger partial charge in [0.1, 0.15) is 11.3 Å². The summed E-state index contributed by atoms with van der Waals surface area (Å²) in [6.07, 6.45) is 3.22. The summed E-state index contributed by atoms with van der Waals surface area (Å²) in [5.74, 6) is 0.454. The van der Waals surface area contributed by atoms with Crippen LogP contribution in [0.25, 0.3) is 6.08 Å². The van der Waals surface area contributed by atoms with Crippen LogP contribution in [0.1, 0.15) is 15.9 Å². The van der Waals surface area contributed by atoms with E-state index in [0.29, 0.717) is 11.4 Å². The Morgan fingerprint density at radius 2 is 1.85 bits per heavy atom. The summed E-state index contributed by atoms with van der Waals surface area (Å²) in [6.45, 7) is 0. The number of nitrogens with one attached hydrogen (secondary N) is 2. The number of H-pyrrole nitrogens is 1. The third-order valence-electron chi connectivity index (χ3n) is 3.13. The minimum Gasteiger partial charge on any atom is -0.497 e. The summed E-state index contributed by atoms with van der Waals surface area (Å²) in [4.78, 5) is 26.3. The predicted octanol–water partition coefficient (Wildman–Crippen LogP) is 2.03.